The molecule has 0 fully saturated rings. The van der Waals surface area contributed by atoms with E-state index in [4.69, 9.17) is 18.6 Å². The van der Waals surface area contributed by atoms with Gasteiger partial charge in [-0.05, 0) is 18.2 Å². The fourth-order valence-electron chi connectivity index (χ4n) is 2.47. The average molecular weight is 302 g/mol. The molecule has 0 aliphatic rings. The molecule has 1 heterocycles. The first kappa shape index (κ1) is 14.1. The molecule has 0 spiro atoms. The van der Waals surface area contributed by atoms with Crippen LogP contribution < -0.4 is 19.6 Å². The summed E-state index contributed by atoms with van der Waals surface area (Å²) in [7, 11) is 4.38. The van der Waals surface area contributed by atoms with E-state index in [1.54, 1.807) is 6.07 Å². The molecule has 0 saturated heterocycles. The molecule has 3 rings (SSSR count). The normalized spacial score (nSPS) is 10.9. The molecule has 0 unspecified atom stereocenters. The van der Waals surface area contributed by atoms with Crippen LogP contribution in [0.4, 0.5) is 0 Å². The predicted octanol–water partition coefficient (Wildman–Crippen LogP) is 2.68. The van der Waals surface area contributed by atoms with Gasteiger partial charge in [-0.15, -0.1) is 0 Å². The van der Waals surface area contributed by atoms with Gasteiger partial charge in [-0.2, -0.15) is 0 Å². The lowest BCUT2D eigenvalue weighted by atomic mass is 10.1. The third-order valence-corrected chi connectivity index (χ3v) is 3.45. The molecule has 0 radical (unpaired) electrons. The molecule has 0 atom stereocenters. The van der Waals surface area contributed by atoms with Gasteiger partial charge in [-0.3, -0.25) is 4.79 Å². The molecule has 2 aromatic carbocycles. The summed E-state index contributed by atoms with van der Waals surface area (Å²) in [6.07, 6.45) is 0. The molecular formula is C16H14O6. The van der Waals surface area contributed by atoms with Crippen LogP contribution in [-0.4, -0.2) is 26.4 Å². The molecular weight excluding hydrogens is 288 g/mol. The van der Waals surface area contributed by atoms with Crippen molar-refractivity contribution in [3.8, 4) is 23.0 Å². The number of benzene rings is 2. The van der Waals surface area contributed by atoms with Gasteiger partial charge in [0.2, 0.25) is 11.2 Å². The van der Waals surface area contributed by atoms with Gasteiger partial charge in [0.05, 0.1) is 26.7 Å². The van der Waals surface area contributed by atoms with Gasteiger partial charge in [0, 0.05) is 6.07 Å². The first-order valence-corrected chi connectivity index (χ1v) is 6.49. The quantitative estimate of drug-likeness (QED) is 0.749. The van der Waals surface area contributed by atoms with Crippen LogP contribution in [0.15, 0.2) is 33.5 Å². The van der Waals surface area contributed by atoms with Crippen LogP contribution in [0.1, 0.15) is 0 Å². The zero-order valence-corrected chi connectivity index (χ0v) is 12.3. The number of phenolic OH excluding ortho intramolecular Hbond substituents is 1. The maximum atomic E-state index is 12.7. The van der Waals surface area contributed by atoms with Crippen LogP contribution in [0.25, 0.3) is 21.9 Å². The van der Waals surface area contributed by atoms with Gasteiger partial charge in [-0.1, -0.05) is 0 Å². The van der Waals surface area contributed by atoms with Crippen molar-refractivity contribution in [2.75, 3.05) is 21.3 Å². The summed E-state index contributed by atoms with van der Waals surface area (Å²) < 4.78 is 21.6. The SMILES string of the molecule is COc1cc2oc3ccc(O)cc3c(=O)c2c(OC)c1OC. The molecule has 0 saturated carbocycles. The van der Waals surface area contributed by atoms with Crippen molar-refractivity contribution in [3.63, 3.8) is 0 Å². The number of aromatic hydroxyl groups is 1. The van der Waals surface area contributed by atoms with Crippen molar-refractivity contribution in [3.05, 3.63) is 34.5 Å². The highest BCUT2D eigenvalue weighted by molar-refractivity contribution is 5.96. The highest BCUT2D eigenvalue weighted by atomic mass is 16.5. The van der Waals surface area contributed by atoms with E-state index in [9.17, 15) is 9.90 Å². The summed E-state index contributed by atoms with van der Waals surface area (Å²) in [4.78, 5) is 12.7. The van der Waals surface area contributed by atoms with Crippen LogP contribution in [-0.2, 0) is 0 Å². The lowest BCUT2D eigenvalue weighted by molar-refractivity contribution is 0.326. The van der Waals surface area contributed by atoms with Gasteiger partial charge < -0.3 is 23.7 Å². The van der Waals surface area contributed by atoms with Crippen molar-refractivity contribution in [2.45, 2.75) is 0 Å². The van der Waals surface area contributed by atoms with Crippen LogP contribution in [0.2, 0.25) is 0 Å². The summed E-state index contributed by atoms with van der Waals surface area (Å²) in [5, 5.41) is 10.1. The fourth-order valence-corrected chi connectivity index (χ4v) is 2.47. The van der Waals surface area contributed by atoms with E-state index in [2.05, 4.69) is 0 Å². The van der Waals surface area contributed by atoms with Gasteiger partial charge in [0.25, 0.3) is 0 Å². The first-order valence-electron chi connectivity index (χ1n) is 6.49. The first-order chi connectivity index (χ1) is 10.6. The highest BCUT2D eigenvalue weighted by Gasteiger charge is 2.21. The third-order valence-electron chi connectivity index (χ3n) is 3.45. The molecule has 114 valence electrons. The van der Waals surface area contributed by atoms with E-state index in [-0.39, 0.29) is 27.7 Å². The average Bonchev–Trinajstić information content (AvgIpc) is 2.53. The Labute approximate surface area is 125 Å². The minimum absolute atomic E-state index is 0.0152. The number of rotatable bonds is 3. The summed E-state index contributed by atoms with van der Waals surface area (Å²) in [5.74, 6) is 0.923. The van der Waals surface area contributed by atoms with E-state index < -0.39 is 0 Å². The highest BCUT2D eigenvalue weighted by Crippen LogP contribution is 2.42. The maximum absolute atomic E-state index is 12.7. The van der Waals surface area contributed by atoms with Crippen molar-refractivity contribution in [1.82, 2.24) is 0 Å². The Bertz CT molecular complexity index is 925. The van der Waals surface area contributed by atoms with Gasteiger partial charge in [0.15, 0.2) is 11.5 Å². The summed E-state index contributed by atoms with van der Waals surface area (Å²) >= 11 is 0. The van der Waals surface area contributed by atoms with E-state index in [0.717, 1.165) is 0 Å². The second-order valence-electron chi connectivity index (χ2n) is 4.63. The second kappa shape index (κ2) is 5.14. The molecule has 1 aromatic heterocycles. The molecule has 0 bridgehead atoms. The van der Waals surface area contributed by atoms with E-state index in [1.807, 2.05) is 0 Å². The lowest BCUT2D eigenvalue weighted by Gasteiger charge is -2.14. The monoisotopic (exact) mass is 302 g/mol. The number of phenols is 1. The number of methoxy groups -OCH3 is 3. The van der Waals surface area contributed by atoms with Crippen LogP contribution in [0.5, 0.6) is 23.0 Å². The Hall–Kier alpha value is -2.89. The third kappa shape index (κ3) is 1.92. The molecule has 6 nitrogen and oxygen atoms in total. The van der Waals surface area contributed by atoms with Crippen LogP contribution in [0, 0.1) is 0 Å². The Morgan fingerprint density at radius 1 is 0.955 bits per heavy atom. The van der Waals surface area contributed by atoms with Crippen molar-refractivity contribution < 1.29 is 23.7 Å². The fraction of sp³-hybridized carbons (Fsp3) is 0.188. The zero-order valence-electron chi connectivity index (χ0n) is 12.3. The molecule has 0 aliphatic carbocycles. The zero-order chi connectivity index (χ0) is 15.9. The predicted molar refractivity (Wildman–Crippen MR) is 81.3 cm³/mol. The van der Waals surface area contributed by atoms with E-state index in [0.29, 0.717) is 22.7 Å². The summed E-state index contributed by atoms with van der Waals surface area (Å²) in [6, 6.07) is 5.92. The van der Waals surface area contributed by atoms with Gasteiger partial charge in [-0.25, -0.2) is 0 Å². The molecule has 3 aromatic rings. The number of fused-ring (bicyclic) bond motifs is 2. The Morgan fingerprint density at radius 2 is 1.68 bits per heavy atom. The minimum atomic E-state index is -0.315. The van der Waals surface area contributed by atoms with E-state index >= 15 is 0 Å². The van der Waals surface area contributed by atoms with Gasteiger partial charge >= 0.3 is 0 Å². The second-order valence-corrected chi connectivity index (χ2v) is 4.63. The Morgan fingerprint density at radius 3 is 2.32 bits per heavy atom. The smallest absolute Gasteiger partial charge is 0.204 e. The number of ether oxygens (including phenoxy) is 3. The maximum Gasteiger partial charge on any atom is 0.204 e. The molecule has 1 N–H and O–H groups in total. The Balaban J connectivity index is 2.56. The summed E-state index contributed by atoms with van der Waals surface area (Å²) in [5.41, 5.74) is 0.368. The van der Waals surface area contributed by atoms with Crippen LogP contribution >= 0.6 is 0 Å². The number of hydrogen-bond acceptors (Lipinski definition) is 6. The van der Waals surface area contributed by atoms with E-state index in [1.165, 1.54) is 39.5 Å². The lowest BCUT2D eigenvalue weighted by Crippen LogP contribution is -2.06. The van der Waals surface area contributed by atoms with Crippen molar-refractivity contribution in [1.29, 1.82) is 0 Å². The standard InChI is InChI=1S/C16H14O6/c1-19-12-7-11-13(16(21-3)15(12)20-2)14(18)9-6-8(17)4-5-10(9)22-11/h4-7,17H,1-3H3. The minimum Gasteiger partial charge on any atom is -0.508 e. The Kier molecular flexibility index (Phi) is 3.29. The van der Waals surface area contributed by atoms with Crippen LogP contribution in [0.3, 0.4) is 0 Å². The summed E-state index contributed by atoms with van der Waals surface area (Å²) in [6.45, 7) is 0. The molecule has 6 heteroatoms. The number of hydrogen-bond donors (Lipinski definition) is 1. The molecule has 0 amide bonds. The van der Waals surface area contributed by atoms with Gasteiger partial charge in [0.1, 0.15) is 22.3 Å². The molecule has 22 heavy (non-hydrogen) atoms. The van der Waals surface area contributed by atoms with Crippen molar-refractivity contribution >= 4 is 21.9 Å². The largest absolute Gasteiger partial charge is 0.508 e. The topological polar surface area (TPSA) is 78.1 Å². The van der Waals surface area contributed by atoms with Crippen molar-refractivity contribution in [2.24, 2.45) is 0 Å². The molecule has 0 aliphatic heterocycles.